The maximum atomic E-state index is 13.0. The highest BCUT2D eigenvalue weighted by atomic mass is 16.3. The van der Waals surface area contributed by atoms with Crippen LogP contribution in [0.25, 0.3) is 0 Å². The molecule has 3 aliphatic rings. The topological polar surface area (TPSA) is 62.6 Å². The molecule has 1 saturated heterocycles. The zero-order valence-electron chi connectivity index (χ0n) is 16.0. The van der Waals surface area contributed by atoms with Crippen LogP contribution < -0.4 is 5.32 Å². The SMILES string of the molecule is CC(C(=O)NC1C(C)CCN(C(=O)C2C3CCCC32)C1C)c1ccco1. The minimum atomic E-state index is -0.321. The van der Waals surface area contributed by atoms with Gasteiger partial charge in [-0.1, -0.05) is 13.3 Å². The number of hydrogen-bond acceptors (Lipinski definition) is 3. The summed E-state index contributed by atoms with van der Waals surface area (Å²) in [6.07, 6.45) is 6.27. The molecule has 1 aliphatic heterocycles. The molecule has 26 heavy (non-hydrogen) atoms. The van der Waals surface area contributed by atoms with Crippen LogP contribution in [0.15, 0.2) is 22.8 Å². The summed E-state index contributed by atoms with van der Waals surface area (Å²) in [7, 11) is 0. The highest BCUT2D eigenvalue weighted by Gasteiger charge is 2.58. The van der Waals surface area contributed by atoms with Gasteiger partial charge in [0.25, 0.3) is 0 Å². The Kier molecular flexibility index (Phi) is 4.57. The predicted octanol–water partition coefficient (Wildman–Crippen LogP) is 3.17. The van der Waals surface area contributed by atoms with Crippen LogP contribution in [0.1, 0.15) is 58.1 Å². The minimum Gasteiger partial charge on any atom is -0.469 e. The van der Waals surface area contributed by atoms with Crippen LogP contribution in [-0.2, 0) is 9.59 Å². The van der Waals surface area contributed by atoms with E-state index in [1.54, 1.807) is 12.3 Å². The van der Waals surface area contributed by atoms with Gasteiger partial charge in [-0.05, 0) is 63.0 Å². The van der Waals surface area contributed by atoms with Crippen molar-refractivity contribution >= 4 is 11.8 Å². The normalized spacial score (nSPS) is 37.1. The first kappa shape index (κ1) is 17.6. The molecule has 1 N–H and O–H groups in total. The van der Waals surface area contributed by atoms with Gasteiger partial charge in [0.05, 0.1) is 18.2 Å². The van der Waals surface area contributed by atoms with Gasteiger partial charge in [0.1, 0.15) is 5.76 Å². The number of amides is 2. The number of nitrogens with zero attached hydrogens (tertiary/aromatic N) is 1. The van der Waals surface area contributed by atoms with Gasteiger partial charge in [-0.25, -0.2) is 0 Å². The lowest BCUT2D eigenvalue weighted by atomic mass is 9.86. The lowest BCUT2D eigenvalue weighted by molar-refractivity contribution is -0.139. The number of nitrogens with one attached hydrogen (secondary N) is 1. The van der Waals surface area contributed by atoms with Gasteiger partial charge in [-0.3, -0.25) is 9.59 Å². The van der Waals surface area contributed by atoms with E-state index in [0.29, 0.717) is 29.4 Å². The van der Waals surface area contributed by atoms with E-state index in [9.17, 15) is 9.59 Å². The quantitative estimate of drug-likeness (QED) is 0.899. The van der Waals surface area contributed by atoms with E-state index >= 15 is 0 Å². The molecule has 1 aromatic heterocycles. The molecule has 142 valence electrons. The van der Waals surface area contributed by atoms with Crippen LogP contribution in [0.5, 0.6) is 0 Å². The smallest absolute Gasteiger partial charge is 0.230 e. The van der Waals surface area contributed by atoms with Crippen molar-refractivity contribution in [3.63, 3.8) is 0 Å². The summed E-state index contributed by atoms with van der Waals surface area (Å²) in [6.45, 7) is 6.94. The third kappa shape index (κ3) is 2.95. The number of likely N-dealkylation sites (tertiary alicyclic amines) is 1. The van der Waals surface area contributed by atoms with E-state index in [1.807, 2.05) is 17.9 Å². The number of furan rings is 1. The van der Waals surface area contributed by atoms with Gasteiger partial charge in [-0.15, -0.1) is 0 Å². The molecule has 5 heteroatoms. The van der Waals surface area contributed by atoms with Crippen molar-refractivity contribution < 1.29 is 14.0 Å². The molecule has 4 rings (SSSR count). The van der Waals surface area contributed by atoms with Gasteiger partial charge >= 0.3 is 0 Å². The zero-order valence-corrected chi connectivity index (χ0v) is 16.0. The van der Waals surface area contributed by atoms with Crippen molar-refractivity contribution in [3.8, 4) is 0 Å². The monoisotopic (exact) mass is 358 g/mol. The first-order valence-corrected chi connectivity index (χ1v) is 10.1. The second-order valence-corrected chi connectivity index (χ2v) is 8.59. The Balaban J connectivity index is 1.41. The van der Waals surface area contributed by atoms with E-state index < -0.39 is 0 Å². The molecule has 1 aromatic rings. The lowest BCUT2D eigenvalue weighted by Crippen LogP contribution is -2.59. The Bertz CT molecular complexity index is 661. The van der Waals surface area contributed by atoms with E-state index in [1.165, 1.54) is 19.3 Å². The molecule has 2 heterocycles. The highest BCUT2D eigenvalue weighted by Crippen LogP contribution is 2.58. The molecular formula is C21H30N2O3. The minimum absolute atomic E-state index is 0.00352. The average Bonchev–Trinajstić information content (AvgIpc) is 3.04. The van der Waals surface area contributed by atoms with Crippen molar-refractivity contribution in [1.29, 1.82) is 0 Å². The van der Waals surface area contributed by atoms with Crippen LogP contribution >= 0.6 is 0 Å². The summed E-state index contributed by atoms with van der Waals surface area (Å²) < 4.78 is 5.38. The molecular weight excluding hydrogens is 328 g/mol. The van der Waals surface area contributed by atoms with Crippen molar-refractivity contribution in [3.05, 3.63) is 24.2 Å². The molecule has 5 nitrogen and oxygen atoms in total. The number of fused-ring (bicyclic) bond motifs is 1. The van der Waals surface area contributed by atoms with E-state index in [0.717, 1.165) is 13.0 Å². The third-order valence-corrected chi connectivity index (χ3v) is 7.10. The zero-order chi connectivity index (χ0) is 18.4. The Labute approximate surface area is 155 Å². The van der Waals surface area contributed by atoms with Crippen molar-refractivity contribution in [1.82, 2.24) is 10.2 Å². The van der Waals surface area contributed by atoms with Crippen molar-refractivity contribution in [2.24, 2.45) is 23.7 Å². The Morgan fingerprint density at radius 2 is 1.96 bits per heavy atom. The summed E-state index contributed by atoms with van der Waals surface area (Å²) in [6, 6.07) is 3.67. The summed E-state index contributed by atoms with van der Waals surface area (Å²) in [5.41, 5.74) is 0. The average molecular weight is 358 g/mol. The third-order valence-electron chi connectivity index (χ3n) is 7.10. The second-order valence-electron chi connectivity index (χ2n) is 8.59. The molecule has 0 aromatic carbocycles. The second kappa shape index (κ2) is 6.75. The van der Waals surface area contributed by atoms with Gasteiger partial charge in [0, 0.05) is 18.5 Å². The van der Waals surface area contributed by atoms with Gasteiger partial charge in [0.15, 0.2) is 0 Å². The Hall–Kier alpha value is -1.78. The fraction of sp³-hybridized carbons (Fsp3) is 0.714. The van der Waals surface area contributed by atoms with Gasteiger partial charge in [0.2, 0.25) is 11.8 Å². The van der Waals surface area contributed by atoms with E-state index in [-0.39, 0.29) is 29.8 Å². The van der Waals surface area contributed by atoms with Gasteiger partial charge < -0.3 is 14.6 Å². The number of carbonyl (C=O) groups excluding carboxylic acids is 2. The number of hydrogen-bond donors (Lipinski definition) is 1. The standard InChI is InChI=1S/C21H30N2O3/c1-12-9-10-23(21(25)18-15-6-4-7-16(15)18)14(3)19(12)22-20(24)13(2)17-8-5-11-26-17/h5,8,11-16,18-19H,4,6-7,9-10H2,1-3H3,(H,22,24). The van der Waals surface area contributed by atoms with Crippen molar-refractivity contribution in [2.75, 3.05) is 6.54 Å². The van der Waals surface area contributed by atoms with E-state index in [4.69, 9.17) is 4.42 Å². The maximum absolute atomic E-state index is 13.0. The molecule has 3 fully saturated rings. The van der Waals surface area contributed by atoms with Crippen LogP contribution in [0.4, 0.5) is 0 Å². The maximum Gasteiger partial charge on any atom is 0.230 e. The Morgan fingerprint density at radius 3 is 2.62 bits per heavy atom. The number of rotatable bonds is 4. The first-order chi connectivity index (χ1) is 12.5. The fourth-order valence-corrected chi connectivity index (χ4v) is 5.30. The first-order valence-electron chi connectivity index (χ1n) is 10.1. The molecule has 2 amide bonds. The molecule has 0 radical (unpaired) electrons. The summed E-state index contributed by atoms with van der Waals surface area (Å²) in [5, 5.41) is 3.21. The van der Waals surface area contributed by atoms with Crippen LogP contribution in [-0.4, -0.2) is 35.3 Å². The number of carbonyl (C=O) groups is 2. The molecule has 2 aliphatic carbocycles. The summed E-state index contributed by atoms with van der Waals surface area (Å²) in [4.78, 5) is 27.8. The Morgan fingerprint density at radius 1 is 1.23 bits per heavy atom. The van der Waals surface area contributed by atoms with Crippen LogP contribution in [0.3, 0.4) is 0 Å². The molecule has 6 unspecified atom stereocenters. The highest BCUT2D eigenvalue weighted by molar-refractivity contribution is 5.84. The largest absolute Gasteiger partial charge is 0.469 e. The number of piperidine rings is 1. The van der Waals surface area contributed by atoms with Crippen LogP contribution in [0.2, 0.25) is 0 Å². The molecule has 0 spiro atoms. The molecule has 6 atom stereocenters. The lowest BCUT2D eigenvalue weighted by Gasteiger charge is -2.44. The van der Waals surface area contributed by atoms with Crippen LogP contribution in [0, 0.1) is 23.7 Å². The fourth-order valence-electron chi connectivity index (χ4n) is 5.30. The summed E-state index contributed by atoms with van der Waals surface area (Å²) in [5.74, 6) is 2.56. The van der Waals surface area contributed by atoms with Gasteiger partial charge in [-0.2, -0.15) is 0 Å². The summed E-state index contributed by atoms with van der Waals surface area (Å²) >= 11 is 0. The van der Waals surface area contributed by atoms with Crippen molar-refractivity contribution in [2.45, 2.75) is 64.5 Å². The molecule has 2 saturated carbocycles. The predicted molar refractivity (Wildman–Crippen MR) is 98.3 cm³/mol. The molecule has 0 bridgehead atoms. The van der Waals surface area contributed by atoms with E-state index in [2.05, 4.69) is 19.2 Å².